The van der Waals surface area contributed by atoms with E-state index in [2.05, 4.69) is 0 Å². The third-order valence-corrected chi connectivity index (χ3v) is 6.30. The van der Waals surface area contributed by atoms with Gasteiger partial charge in [-0.3, -0.25) is 19.5 Å². The maximum atomic E-state index is 12.8. The number of aliphatic imine (C=N–C) groups is 1. The third-order valence-electron chi connectivity index (χ3n) is 5.13. The average molecular weight is 338 g/mol. The smallest absolute Gasteiger partial charge is 0.305 e. The Kier molecular flexibility index (Phi) is 5.62. The summed E-state index contributed by atoms with van der Waals surface area (Å²) in [6.07, 6.45) is 11.4. The lowest BCUT2D eigenvalue weighted by Gasteiger charge is -2.31. The number of amides is 1. The van der Waals surface area contributed by atoms with Crippen LogP contribution in [0.3, 0.4) is 0 Å². The Morgan fingerprint density at radius 3 is 2.30 bits per heavy atom. The van der Waals surface area contributed by atoms with E-state index < -0.39 is 11.2 Å². The largest absolute Gasteiger partial charge is 0.481 e. The number of nitrogens with zero attached hydrogens (tertiary/aromatic N) is 2. The zero-order valence-corrected chi connectivity index (χ0v) is 14.4. The Hall–Kier alpha value is -1.04. The van der Waals surface area contributed by atoms with Crippen LogP contribution in [0.25, 0.3) is 0 Å². The van der Waals surface area contributed by atoms with E-state index in [-0.39, 0.29) is 18.4 Å². The van der Waals surface area contributed by atoms with Crippen LogP contribution in [0.5, 0.6) is 0 Å². The SMILES string of the molecule is O=C(O)C[C@H]1SC(=NC2CCCCC2)N(C2CCCCC2)C1=O. The molecule has 3 fully saturated rings. The van der Waals surface area contributed by atoms with Gasteiger partial charge in [-0.1, -0.05) is 50.3 Å². The van der Waals surface area contributed by atoms with Crippen molar-refractivity contribution in [2.24, 2.45) is 4.99 Å². The number of hydrogen-bond acceptors (Lipinski definition) is 4. The highest BCUT2D eigenvalue weighted by Crippen LogP contribution is 2.36. The van der Waals surface area contributed by atoms with Crippen molar-refractivity contribution in [1.29, 1.82) is 0 Å². The summed E-state index contributed by atoms with van der Waals surface area (Å²) in [4.78, 5) is 30.6. The molecule has 5 nitrogen and oxygen atoms in total. The molecule has 2 saturated carbocycles. The minimum atomic E-state index is -0.904. The molecule has 0 unspecified atom stereocenters. The van der Waals surface area contributed by atoms with E-state index in [0.29, 0.717) is 6.04 Å². The summed E-state index contributed by atoms with van der Waals surface area (Å²) >= 11 is 1.39. The molecule has 0 spiro atoms. The summed E-state index contributed by atoms with van der Waals surface area (Å²) in [7, 11) is 0. The molecule has 0 aromatic heterocycles. The van der Waals surface area contributed by atoms with Crippen molar-refractivity contribution >= 4 is 28.8 Å². The van der Waals surface area contributed by atoms with Crippen LogP contribution in [0.2, 0.25) is 0 Å². The molecule has 3 aliphatic rings. The second-order valence-corrected chi connectivity index (χ2v) is 8.08. The summed E-state index contributed by atoms with van der Waals surface area (Å²) in [5.74, 6) is -0.933. The average Bonchev–Trinajstić information content (AvgIpc) is 2.84. The van der Waals surface area contributed by atoms with E-state index in [1.54, 1.807) is 0 Å². The van der Waals surface area contributed by atoms with Crippen molar-refractivity contribution < 1.29 is 14.7 Å². The van der Waals surface area contributed by atoms with E-state index in [0.717, 1.165) is 43.7 Å². The molecule has 1 heterocycles. The first-order valence-electron chi connectivity index (χ1n) is 8.94. The van der Waals surface area contributed by atoms with Crippen LogP contribution < -0.4 is 0 Å². The molecule has 128 valence electrons. The first-order chi connectivity index (χ1) is 11.1. The van der Waals surface area contributed by atoms with Crippen molar-refractivity contribution in [2.75, 3.05) is 0 Å². The highest BCUT2D eigenvalue weighted by Gasteiger charge is 2.43. The summed E-state index contributed by atoms with van der Waals surface area (Å²) < 4.78 is 0. The molecule has 3 rings (SSSR count). The van der Waals surface area contributed by atoms with Gasteiger partial charge in [0.25, 0.3) is 0 Å². The number of rotatable bonds is 4. The molecule has 1 amide bonds. The van der Waals surface area contributed by atoms with Crippen LogP contribution in [0.15, 0.2) is 4.99 Å². The highest BCUT2D eigenvalue weighted by atomic mass is 32.2. The number of carbonyl (C=O) groups excluding carboxylic acids is 1. The van der Waals surface area contributed by atoms with E-state index in [1.165, 1.54) is 37.4 Å². The van der Waals surface area contributed by atoms with E-state index in [9.17, 15) is 9.59 Å². The number of amidine groups is 1. The standard InChI is InChI=1S/C17H26N2O3S/c20-15(21)11-14-16(22)19(13-9-5-2-6-10-13)17(23-14)18-12-7-3-1-4-8-12/h12-14H,1-11H2,(H,20,21)/t14-/m1/s1. The molecule has 2 aliphatic carbocycles. The molecule has 6 heteroatoms. The molecule has 0 radical (unpaired) electrons. The van der Waals surface area contributed by atoms with Crippen LogP contribution in [-0.4, -0.2) is 44.4 Å². The molecule has 0 aromatic rings. The number of aliphatic carboxylic acids is 1. The predicted molar refractivity (Wildman–Crippen MR) is 91.7 cm³/mol. The number of thioether (sulfide) groups is 1. The maximum Gasteiger partial charge on any atom is 0.305 e. The van der Waals surface area contributed by atoms with Gasteiger partial charge < -0.3 is 5.11 Å². The maximum absolute atomic E-state index is 12.8. The zero-order valence-electron chi connectivity index (χ0n) is 13.6. The van der Waals surface area contributed by atoms with Gasteiger partial charge in [0.1, 0.15) is 5.25 Å². The number of carboxylic acids is 1. The number of hydrogen-bond donors (Lipinski definition) is 1. The first kappa shape index (κ1) is 16.8. The molecule has 1 N–H and O–H groups in total. The van der Waals surface area contributed by atoms with Crippen molar-refractivity contribution in [2.45, 2.75) is 88.0 Å². The van der Waals surface area contributed by atoms with Crippen LogP contribution in [0, 0.1) is 0 Å². The van der Waals surface area contributed by atoms with Crippen molar-refractivity contribution in [3.8, 4) is 0 Å². The molecule has 0 bridgehead atoms. The minimum Gasteiger partial charge on any atom is -0.481 e. The van der Waals surface area contributed by atoms with Gasteiger partial charge >= 0.3 is 5.97 Å². The quantitative estimate of drug-likeness (QED) is 0.852. The fraction of sp³-hybridized carbons (Fsp3) is 0.824. The lowest BCUT2D eigenvalue weighted by Crippen LogP contribution is -2.42. The Morgan fingerprint density at radius 1 is 1.09 bits per heavy atom. The van der Waals surface area contributed by atoms with Gasteiger partial charge in [-0.25, -0.2) is 0 Å². The molecule has 23 heavy (non-hydrogen) atoms. The van der Waals surface area contributed by atoms with Gasteiger partial charge in [-0.05, 0) is 25.7 Å². The Bertz CT molecular complexity index is 482. The summed E-state index contributed by atoms with van der Waals surface area (Å²) in [5, 5.41) is 9.39. The summed E-state index contributed by atoms with van der Waals surface area (Å²) in [6.45, 7) is 0. The van der Waals surface area contributed by atoms with Gasteiger partial charge in [0, 0.05) is 6.04 Å². The Balaban J connectivity index is 1.79. The molecular formula is C17H26N2O3S. The number of carbonyl (C=O) groups is 2. The molecular weight excluding hydrogens is 312 g/mol. The topological polar surface area (TPSA) is 70.0 Å². The highest BCUT2D eigenvalue weighted by molar-refractivity contribution is 8.15. The minimum absolute atomic E-state index is 0.0288. The Morgan fingerprint density at radius 2 is 1.70 bits per heavy atom. The second kappa shape index (κ2) is 7.69. The summed E-state index contributed by atoms with van der Waals surface area (Å²) in [5.41, 5.74) is 0. The predicted octanol–water partition coefficient (Wildman–Crippen LogP) is 3.43. The van der Waals surface area contributed by atoms with Crippen LogP contribution in [0.4, 0.5) is 0 Å². The van der Waals surface area contributed by atoms with Gasteiger partial charge in [-0.15, -0.1) is 0 Å². The lowest BCUT2D eigenvalue weighted by molar-refractivity contribution is -0.139. The summed E-state index contributed by atoms with van der Waals surface area (Å²) in [6, 6.07) is 0.540. The zero-order chi connectivity index (χ0) is 16.2. The van der Waals surface area contributed by atoms with Crippen LogP contribution in [0.1, 0.15) is 70.6 Å². The second-order valence-electron chi connectivity index (χ2n) is 6.91. The molecule has 1 saturated heterocycles. The normalized spacial score (nSPS) is 29.4. The molecule has 0 aromatic carbocycles. The fourth-order valence-corrected chi connectivity index (χ4v) is 5.16. The van der Waals surface area contributed by atoms with Crippen LogP contribution in [-0.2, 0) is 9.59 Å². The van der Waals surface area contributed by atoms with E-state index in [1.807, 2.05) is 4.90 Å². The van der Waals surface area contributed by atoms with Gasteiger partial charge in [0.05, 0.1) is 12.5 Å². The van der Waals surface area contributed by atoms with Crippen LogP contribution >= 0.6 is 11.8 Å². The Labute approximate surface area is 141 Å². The first-order valence-corrected chi connectivity index (χ1v) is 9.82. The number of carboxylic acid groups (broad SMARTS) is 1. The van der Waals surface area contributed by atoms with Gasteiger partial charge in [-0.2, -0.15) is 0 Å². The van der Waals surface area contributed by atoms with Crippen molar-refractivity contribution in [3.05, 3.63) is 0 Å². The lowest BCUT2D eigenvalue weighted by atomic mass is 9.94. The van der Waals surface area contributed by atoms with Gasteiger partial charge in [0.15, 0.2) is 5.17 Å². The van der Waals surface area contributed by atoms with E-state index >= 15 is 0 Å². The fourth-order valence-electron chi connectivity index (χ4n) is 3.91. The monoisotopic (exact) mass is 338 g/mol. The third kappa shape index (κ3) is 4.08. The van der Waals surface area contributed by atoms with Crippen molar-refractivity contribution in [3.63, 3.8) is 0 Å². The van der Waals surface area contributed by atoms with E-state index in [4.69, 9.17) is 10.1 Å². The van der Waals surface area contributed by atoms with Crippen molar-refractivity contribution in [1.82, 2.24) is 4.90 Å². The van der Waals surface area contributed by atoms with Gasteiger partial charge in [0.2, 0.25) is 5.91 Å². The molecule has 1 atom stereocenters. The molecule has 1 aliphatic heterocycles.